The molecule has 2 N–H and O–H groups in total. The number of nitrogens with zero attached hydrogens (tertiary/aromatic N) is 2. The molecule has 0 aliphatic heterocycles. The van der Waals surface area contributed by atoms with Crippen LogP contribution in [0.3, 0.4) is 0 Å². The van der Waals surface area contributed by atoms with Gasteiger partial charge in [-0.3, -0.25) is 5.10 Å². The predicted octanol–water partition coefficient (Wildman–Crippen LogP) is 4.54. The van der Waals surface area contributed by atoms with Crippen LogP contribution in [0.1, 0.15) is 25.1 Å². The van der Waals surface area contributed by atoms with Crippen LogP contribution in [0.4, 0.5) is 8.78 Å². The van der Waals surface area contributed by atoms with E-state index in [0.717, 1.165) is 10.9 Å². The van der Waals surface area contributed by atoms with Gasteiger partial charge in [0.25, 0.3) is 0 Å². The zero-order valence-corrected chi connectivity index (χ0v) is 18.8. The van der Waals surface area contributed by atoms with Crippen LogP contribution in [-0.4, -0.2) is 52.8 Å². The Bertz CT molecular complexity index is 1340. The van der Waals surface area contributed by atoms with E-state index in [-0.39, 0.29) is 18.8 Å². The van der Waals surface area contributed by atoms with E-state index in [0.29, 0.717) is 27.8 Å². The Morgan fingerprint density at radius 2 is 2.03 bits per heavy atom. The van der Waals surface area contributed by atoms with E-state index in [1.807, 2.05) is 30.5 Å². The molecule has 174 valence electrons. The van der Waals surface area contributed by atoms with Gasteiger partial charge in [-0.2, -0.15) is 5.10 Å². The van der Waals surface area contributed by atoms with Crippen molar-refractivity contribution in [3.05, 3.63) is 53.6 Å². The third-order valence-corrected chi connectivity index (χ3v) is 5.82. The number of alkyl halides is 1. The third kappa shape index (κ3) is 3.93. The molecule has 2 aromatic carbocycles. The highest BCUT2D eigenvalue weighted by molar-refractivity contribution is 5.99. The fourth-order valence-corrected chi connectivity index (χ4v) is 4.46. The molecule has 2 heterocycles. The van der Waals surface area contributed by atoms with E-state index >= 15 is 0 Å². The van der Waals surface area contributed by atoms with Gasteiger partial charge < -0.3 is 19.1 Å². The monoisotopic (exact) mass is 457 g/mol. The van der Waals surface area contributed by atoms with E-state index in [4.69, 9.17) is 9.47 Å². The standard InChI is InChI=1S/C24H25F2N3O4/c1-24(2,12-32-3)22-16(9-18(26)23(30)31)15-10-19-13(11-27-28-19)7-20(15)29(22)14-5-6-17(25)21(8-14)33-4/h5-8,10-11,18H,9,12H2,1-4H3,(H,27,28)(H,30,31)/t18-/m0/s1. The van der Waals surface area contributed by atoms with Crippen molar-refractivity contribution in [3.8, 4) is 11.4 Å². The Balaban J connectivity index is 2.14. The van der Waals surface area contributed by atoms with Crippen LogP contribution < -0.4 is 4.74 Å². The summed E-state index contributed by atoms with van der Waals surface area (Å²) in [6, 6.07) is 8.21. The Hall–Kier alpha value is -3.46. The lowest BCUT2D eigenvalue weighted by molar-refractivity contribution is -0.142. The van der Waals surface area contributed by atoms with E-state index in [9.17, 15) is 18.7 Å². The number of carboxylic acids is 1. The van der Waals surface area contributed by atoms with Crippen LogP contribution in [0.25, 0.3) is 27.5 Å². The van der Waals surface area contributed by atoms with Crippen LogP contribution in [0, 0.1) is 5.82 Å². The lowest BCUT2D eigenvalue weighted by Crippen LogP contribution is -2.29. The molecule has 7 nitrogen and oxygen atoms in total. The number of aliphatic carboxylic acids is 1. The first-order chi connectivity index (χ1) is 15.7. The van der Waals surface area contributed by atoms with Crippen molar-refractivity contribution < 1.29 is 28.2 Å². The summed E-state index contributed by atoms with van der Waals surface area (Å²) in [5, 5.41) is 17.8. The fraction of sp³-hybridized carbons (Fsp3) is 0.333. The number of carbonyl (C=O) groups is 1. The quantitative estimate of drug-likeness (QED) is 0.405. The van der Waals surface area contributed by atoms with Gasteiger partial charge in [0.05, 0.1) is 30.9 Å². The largest absolute Gasteiger partial charge is 0.494 e. The van der Waals surface area contributed by atoms with Gasteiger partial charge in [0.15, 0.2) is 11.6 Å². The van der Waals surface area contributed by atoms with Crippen LogP contribution in [0.15, 0.2) is 36.5 Å². The van der Waals surface area contributed by atoms with Crippen molar-refractivity contribution in [3.63, 3.8) is 0 Å². The number of hydrogen-bond donors (Lipinski definition) is 2. The van der Waals surface area contributed by atoms with E-state index in [1.54, 1.807) is 25.4 Å². The zero-order valence-electron chi connectivity index (χ0n) is 18.8. The topological polar surface area (TPSA) is 89.4 Å². The molecule has 9 heteroatoms. The summed E-state index contributed by atoms with van der Waals surface area (Å²) >= 11 is 0. The average molecular weight is 457 g/mol. The molecular formula is C24H25F2N3O4. The van der Waals surface area contributed by atoms with Crippen LogP contribution in [0.2, 0.25) is 0 Å². The van der Waals surface area contributed by atoms with Gasteiger partial charge in [-0.05, 0) is 29.8 Å². The predicted molar refractivity (Wildman–Crippen MR) is 121 cm³/mol. The molecule has 1 atom stereocenters. The maximum absolute atomic E-state index is 14.6. The number of fused-ring (bicyclic) bond motifs is 2. The molecule has 0 saturated heterocycles. The molecular weight excluding hydrogens is 432 g/mol. The Kier molecular flexibility index (Phi) is 5.84. The number of rotatable bonds is 8. The number of nitrogens with one attached hydrogen (secondary N) is 1. The normalized spacial score (nSPS) is 13.0. The van der Waals surface area contributed by atoms with Crippen LogP contribution in [0.5, 0.6) is 5.75 Å². The molecule has 0 radical (unpaired) electrons. The Morgan fingerprint density at radius 3 is 2.70 bits per heavy atom. The van der Waals surface area contributed by atoms with Crippen molar-refractivity contribution in [2.24, 2.45) is 0 Å². The van der Waals surface area contributed by atoms with E-state index in [2.05, 4.69) is 10.2 Å². The third-order valence-electron chi connectivity index (χ3n) is 5.82. The van der Waals surface area contributed by atoms with Gasteiger partial charge in [-0.1, -0.05) is 13.8 Å². The number of ether oxygens (including phenoxy) is 2. The molecule has 33 heavy (non-hydrogen) atoms. The maximum atomic E-state index is 14.6. The van der Waals surface area contributed by atoms with Gasteiger partial charge in [-0.25, -0.2) is 13.6 Å². The number of H-pyrrole nitrogens is 1. The van der Waals surface area contributed by atoms with Gasteiger partial charge in [-0.15, -0.1) is 0 Å². The molecule has 0 aliphatic rings. The molecule has 4 rings (SSSR count). The Morgan fingerprint density at radius 1 is 1.27 bits per heavy atom. The molecule has 4 aromatic rings. The van der Waals surface area contributed by atoms with Crippen LogP contribution in [-0.2, 0) is 21.4 Å². The first-order valence-electron chi connectivity index (χ1n) is 10.4. The number of carboxylic acid groups (broad SMARTS) is 1. The molecule has 2 aromatic heterocycles. The first-order valence-corrected chi connectivity index (χ1v) is 10.4. The van der Waals surface area contributed by atoms with Crippen molar-refractivity contribution >= 4 is 27.8 Å². The molecule has 0 spiro atoms. The van der Waals surface area contributed by atoms with Gasteiger partial charge in [0.2, 0.25) is 6.17 Å². The van der Waals surface area contributed by atoms with Gasteiger partial charge in [0, 0.05) is 47.2 Å². The minimum atomic E-state index is -2.10. The summed E-state index contributed by atoms with van der Waals surface area (Å²) in [6.45, 7) is 4.16. The number of hydrogen-bond acceptors (Lipinski definition) is 4. The van der Waals surface area contributed by atoms with Gasteiger partial charge in [0.1, 0.15) is 0 Å². The summed E-state index contributed by atoms with van der Waals surface area (Å²) in [6.07, 6.45) is -0.757. The van der Waals surface area contributed by atoms with Crippen molar-refractivity contribution in [2.45, 2.75) is 31.9 Å². The highest BCUT2D eigenvalue weighted by Gasteiger charge is 2.34. The molecule has 0 unspecified atom stereocenters. The minimum Gasteiger partial charge on any atom is -0.494 e. The number of halogens is 2. The van der Waals surface area contributed by atoms with E-state index in [1.165, 1.54) is 13.2 Å². The number of aromatic nitrogens is 3. The molecule has 0 saturated carbocycles. The second-order valence-electron chi connectivity index (χ2n) is 8.63. The summed E-state index contributed by atoms with van der Waals surface area (Å²) in [7, 11) is 2.95. The number of benzene rings is 2. The summed E-state index contributed by atoms with van der Waals surface area (Å²) in [4.78, 5) is 11.4. The maximum Gasteiger partial charge on any atom is 0.338 e. The molecule has 0 aliphatic carbocycles. The summed E-state index contributed by atoms with van der Waals surface area (Å²) in [5.41, 5.74) is 2.62. The average Bonchev–Trinajstić information content (AvgIpc) is 3.35. The molecule has 0 bridgehead atoms. The van der Waals surface area contributed by atoms with Crippen molar-refractivity contribution in [1.82, 2.24) is 14.8 Å². The summed E-state index contributed by atoms with van der Waals surface area (Å²) in [5.74, 6) is -1.98. The van der Waals surface area contributed by atoms with Gasteiger partial charge >= 0.3 is 5.97 Å². The second-order valence-corrected chi connectivity index (χ2v) is 8.63. The fourth-order valence-electron chi connectivity index (χ4n) is 4.46. The zero-order chi connectivity index (χ0) is 23.9. The number of aromatic amines is 1. The van der Waals surface area contributed by atoms with E-state index < -0.39 is 23.4 Å². The highest BCUT2D eigenvalue weighted by atomic mass is 19.1. The van der Waals surface area contributed by atoms with Crippen LogP contribution >= 0.6 is 0 Å². The molecule has 0 amide bonds. The Labute approximate surface area is 188 Å². The summed E-state index contributed by atoms with van der Waals surface area (Å²) < 4.78 is 41.3. The number of methoxy groups -OCH3 is 2. The molecule has 0 fully saturated rings. The van der Waals surface area contributed by atoms with Crippen molar-refractivity contribution in [2.75, 3.05) is 20.8 Å². The minimum absolute atomic E-state index is 0.0599. The first kappa shape index (κ1) is 22.7. The van der Waals surface area contributed by atoms with Crippen molar-refractivity contribution in [1.29, 1.82) is 0 Å². The highest BCUT2D eigenvalue weighted by Crippen LogP contribution is 2.40. The SMILES string of the molecule is COCC(C)(C)c1c(C[C@H](F)C(=O)O)c2cc3[nH]ncc3cc2n1-c1ccc(F)c(OC)c1. The smallest absolute Gasteiger partial charge is 0.338 e. The lowest BCUT2D eigenvalue weighted by Gasteiger charge is -2.28. The second kappa shape index (κ2) is 8.47. The lowest BCUT2D eigenvalue weighted by atomic mass is 9.85.